The second-order valence-corrected chi connectivity index (χ2v) is 8.97. The Morgan fingerprint density at radius 2 is 1.90 bits per heavy atom. The third-order valence-corrected chi connectivity index (χ3v) is 5.57. The van der Waals surface area contributed by atoms with Crippen LogP contribution in [0.5, 0.6) is 11.6 Å². The van der Waals surface area contributed by atoms with Crippen LogP contribution in [0.2, 0.25) is 5.02 Å². The minimum absolute atomic E-state index is 0.134. The summed E-state index contributed by atoms with van der Waals surface area (Å²) in [6, 6.07) is 4.99. The zero-order valence-corrected chi connectivity index (χ0v) is 21.9. The third kappa shape index (κ3) is 7.77. The van der Waals surface area contributed by atoms with Crippen molar-refractivity contribution in [1.82, 2.24) is 40.0 Å². The van der Waals surface area contributed by atoms with Crippen LogP contribution in [-0.4, -0.2) is 72.6 Å². The Morgan fingerprint density at radius 3 is 2.56 bits per heavy atom. The highest BCUT2D eigenvalue weighted by Crippen LogP contribution is 2.32. The van der Waals surface area contributed by atoms with Crippen molar-refractivity contribution >= 4 is 23.2 Å². The van der Waals surface area contributed by atoms with Gasteiger partial charge in [-0.15, -0.1) is 10.2 Å². The van der Waals surface area contributed by atoms with E-state index in [0.717, 1.165) is 5.56 Å². The molecule has 0 aliphatic heterocycles. The van der Waals surface area contributed by atoms with Crippen molar-refractivity contribution in [3.8, 4) is 22.8 Å². The van der Waals surface area contributed by atoms with Crippen LogP contribution in [-0.2, 0) is 11.3 Å². The Labute approximate surface area is 226 Å². The number of nitrogens with one attached hydrogen (secondary N) is 1. The molecule has 0 saturated carbocycles. The number of nitrogens with zero attached hydrogens (tertiary/aromatic N) is 8. The molecule has 0 saturated heterocycles. The molecular weight excluding hydrogens is 543 g/mol. The third-order valence-electron chi connectivity index (χ3n) is 5.26. The first-order valence-corrected chi connectivity index (χ1v) is 12.0. The van der Waals surface area contributed by atoms with E-state index in [4.69, 9.17) is 25.8 Å². The standard InChI is InChI=1S/C23H25ClF3N9O3/c1-14(11-37-3)36-10-19(21(32-36)38-12-23(25,26)27)31-22-28-7-17(8-29-22)16-4-5-18(24)20(6-16)39-15(2)9-35-13-30-33-34-35/h4-8,10,13-15H,9,11-12H2,1-3H3,(H,28,29,31)/t14-,15+/m1/s1. The van der Waals surface area contributed by atoms with Crippen LogP contribution >= 0.6 is 11.6 Å². The molecule has 3 aromatic heterocycles. The molecule has 0 radical (unpaired) electrons. The number of methoxy groups -OCH3 is 1. The minimum Gasteiger partial charge on any atom is -0.487 e. The van der Waals surface area contributed by atoms with Gasteiger partial charge in [0.25, 0.3) is 5.88 Å². The van der Waals surface area contributed by atoms with Crippen molar-refractivity contribution in [3.63, 3.8) is 0 Å². The molecule has 0 bridgehead atoms. The van der Waals surface area contributed by atoms with Gasteiger partial charge in [0.15, 0.2) is 6.61 Å². The molecule has 39 heavy (non-hydrogen) atoms. The number of anilines is 2. The molecule has 0 spiro atoms. The number of hydrogen-bond acceptors (Lipinski definition) is 10. The van der Waals surface area contributed by atoms with Gasteiger partial charge in [-0.1, -0.05) is 17.7 Å². The van der Waals surface area contributed by atoms with Gasteiger partial charge in [0, 0.05) is 25.1 Å². The van der Waals surface area contributed by atoms with Crippen LogP contribution in [0.25, 0.3) is 11.1 Å². The zero-order chi connectivity index (χ0) is 28.0. The monoisotopic (exact) mass is 567 g/mol. The number of tetrazole rings is 1. The molecular formula is C23H25ClF3N9O3. The molecule has 16 heteroatoms. The van der Waals surface area contributed by atoms with E-state index in [0.29, 0.717) is 29.5 Å². The number of benzene rings is 1. The van der Waals surface area contributed by atoms with Gasteiger partial charge in [-0.2, -0.15) is 13.2 Å². The number of ether oxygens (including phenoxy) is 3. The summed E-state index contributed by atoms with van der Waals surface area (Å²) in [5, 5.41) is 18.4. The first-order chi connectivity index (χ1) is 18.6. The summed E-state index contributed by atoms with van der Waals surface area (Å²) in [6.07, 6.45) is 1.31. The number of hydrogen-bond donors (Lipinski definition) is 1. The van der Waals surface area contributed by atoms with E-state index in [2.05, 4.69) is 35.9 Å². The summed E-state index contributed by atoms with van der Waals surface area (Å²) < 4.78 is 57.2. The van der Waals surface area contributed by atoms with E-state index < -0.39 is 12.8 Å². The van der Waals surface area contributed by atoms with E-state index in [9.17, 15) is 13.2 Å². The maximum Gasteiger partial charge on any atom is 0.422 e. The lowest BCUT2D eigenvalue weighted by Gasteiger charge is -2.16. The van der Waals surface area contributed by atoms with Crippen molar-refractivity contribution in [3.05, 3.63) is 48.1 Å². The molecule has 4 aromatic rings. The molecule has 3 heterocycles. The van der Waals surface area contributed by atoms with Gasteiger partial charge in [-0.05, 0) is 42.0 Å². The summed E-state index contributed by atoms with van der Waals surface area (Å²) in [7, 11) is 1.52. The van der Waals surface area contributed by atoms with Crippen molar-refractivity contribution in [1.29, 1.82) is 0 Å². The van der Waals surface area contributed by atoms with E-state index in [-0.39, 0.29) is 29.7 Å². The molecule has 1 N–H and O–H groups in total. The van der Waals surface area contributed by atoms with Gasteiger partial charge >= 0.3 is 6.18 Å². The Bertz CT molecular complexity index is 1350. The fourth-order valence-electron chi connectivity index (χ4n) is 3.48. The average Bonchev–Trinajstić information content (AvgIpc) is 3.54. The van der Waals surface area contributed by atoms with Crippen molar-refractivity contribution in [2.24, 2.45) is 0 Å². The Kier molecular flexibility index (Phi) is 8.81. The summed E-state index contributed by atoms with van der Waals surface area (Å²) in [6.45, 7) is 2.89. The SMILES string of the molecule is COC[C@@H](C)n1cc(Nc2ncc(-c3ccc(Cl)c(O[C@@H](C)Cn4cnnn4)c3)cn2)c(OCC(F)(F)F)n1. The van der Waals surface area contributed by atoms with Crippen molar-refractivity contribution in [2.75, 3.05) is 25.6 Å². The summed E-state index contributed by atoms with van der Waals surface area (Å²) in [4.78, 5) is 8.59. The van der Waals surface area contributed by atoms with Gasteiger partial charge in [0.05, 0.1) is 30.4 Å². The van der Waals surface area contributed by atoms with Crippen LogP contribution < -0.4 is 14.8 Å². The predicted octanol–water partition coefficient (Wildman–Crippen LogP) is 4.34. The van der Waals surface area contributed by atoms with Gasteiger partial charge in [-0.25, -0.2) is 14.6 Å². The number of rotatable bonds is 12. The molecule has 0 fully saturated rings. The molecule has 2 atom stereocenters. The summed E-state index contributed by atoms with van der Waals surface area (Å²) in [5.41, 5.74) is 1.58. The lowest BCUT2D eigenvalue weighted by atomic mass is 10.1. The molecule has 0 aliphatic rings. The Balaban J connectivity index is 1.49. The zero-order valence-electron chi connectivity index (χ0n) is 21.1. The predicted molar refractivity (Wildman–Crippen MR) is 134 cm³/mol. The lowest BCUT2D eigenvalue weighted by molar-refractivity contribution is -0.154. The summed E-state index contributed by atoms with van der Waals surface area (Å²) >= 11 is 6.33. The topological polar surface area (TPSA) is 127 Å². The van der Waals surface area contributed by atoms with Gasteiger partial charge < -0.3 is 19.5 Å². The first-order valence-electron chi connectivity index (χ1n) is 11.7. The van der Waals surface area contributed by atoms with Crippen molar-refractivity contribution < 1.29 is 27.4 Å². The maximum atomic E-state index is 12.7. The minimum atomic E-state index is -4.52. The quantitative estimate of drug-likeness (QED) is 0.264. The highest BCUT2D eigenvalue weighted by atomic mass is 35.5. The smallest absolute Gasteiger partial charge is 0.422 e. The molecule has 4 rings (SSSR count). The molecule has 1 aromatic carbocycles. The fourth-order valence-corrected chi connectivity index (χ4v) is 3.64. The molecule has 12 nitrogen and oxygen atoms in total. The van der Waals surface area contributed by atoms with E-state index >= 15 is 0 Å². The summed E-state index contributed by atoms with van der Waals surface area (Å²) in [5.74, 6) is 0.356. The Morgan fingerprint density at radius 1 is 1.13 bits per heavy atom. The normalized spacial score (nSPS) is 13.2. The highest BCUT2D eigenvalue weighted by Gasteiger charge is 2.30. The number of aromatic nitrogens is 8. The van der Waals surface area contributed by atoms with E-state index in [1.54, 1.807) is 42.2 Å². The average molecular weight is 568 g/mol. The molecule has 208 valence electrons. The first kappa shape index (κ1) is 28.0. The van der Waals surface area contributed by atoms with Gasteiger partial charge in [0.1, 0.15) is 23.9 Å². The van der Waals surface area contributed by atoms with Gasteiger partial charge in [-0.3, -0.25) is 4.68 Å². The number of alkyl halides is 3. The van der Waals surface area contributed by atoms with Crippen LogP contribution in [0.3, 0.4) is 0 Å². The lowest BCUT2D eigenvalue weighted by Crippen LogP contribution is -2.20. The van der Waals surface area contributed by atoms with Crippen molar-refractivity contribution in [2.45, 2.75) is 38.7 Å². The van der Waals surface area contributed by atoms with E-state index in [1.807, 2.05) is 6.92 Å². The highest BCUT2D eigenvalue weighted by molar-refractivity contribution is 6.32. The Hall–Kier alpha value is -3.98. The van der Waals surface area contributed by atoms with Crippen LogP contribution in [0.4, 0.5) is 24.8 Å². The van der Waals surface area contributed by atoms with Crippen LogP contribution in [0.15, 0.2) is 43.1 Å². The molecule has 0 amide bonds. The fraction of sp³-hybridized carbons (Fsp3) is 0.391. The maximum absolute atomic E-state index is 12.7. The van der Waals surface area contributed by atoms with Crippen LogP contribution in [0, 0.1) is 0 Å². The largest absolute Gasteiger partial charge is 0.487 e. The number of halogens is 4. The van der Waals surface area contributed by atoms with Crippen LogP contribution in [0.1, 0.15) is 19.9 Å². The van der Waals surface area contributed by atoms with Gasteiger partial charge in [0.2, 0.25) is 5.95 Å². The second kappa shape index (κ2) is 12.3. The molecule has 0 unspecified atom stereocenters. The van der Waals surface area contributed by atoms with E-state index in [1.165, 1.54) is 24.3 Å². The second-order valence-electron chi connectivity index (χ2n) is 8.56. The molecule has 0 aliphatic carbocycles.